The molecular weight excluding hydrogens is 199 g/mol. The van der Waals surface area contributed by atoms with Crippen LogP contribution in [0.15, 0.2) is 18.2 Å². The predicted octanol–water partition coefficient (Wildman–Crippen LogP) is -1.08. The second kappa shape index (κ2) is 3.52. The van der Waals surface area contributed by atoms with Gasteiger partial charge in [0.25, 0.3) is 0 Å². The zero-order valence-corrected chi connectivity index (χ0v) is 7.83. The first-order valence-corrected chi connectivity index (χ1v) is 4.50. The minimum atomic E-state index is -1.53. The average Bonchev–Trinajstić information content (AvgIpc) is 2.59. The van der Waals surface area contributed by atoms with Crippen molar-refractivity contribution in [1.29, 1.82) is 0 Å². The monoisotopic (exact) mass is 208 g/mol. The third-order valence-electron chi connectivity index (χ3n) is 2.47. The summed E-state index contributed by atoms with van der Waals surface area (Å²) in [5.41, 5.74) is 1.67. The summed E-state index contributed by atoms with van der Waals surface area (Å²) >= 11 is 0. The van der Waals surface area contributed by atoms with Crippen molar-refractivity contribution in [3.05, 3.63) is 33.9 Å². The number of nitrogens with zero attached hydrogens (tertiary/aromatic N) is 2. The van der Waals surface area contributed by atoms with E-state index >= 15 is 0 Å². The summed E-state index contributed by atoms with van der Waals surface area (Å²) in [6.07, 6.45) is 0.552. The average molecular weight is 208 g/mol. The molecule has 1 heterocycles. The van der Waals surface area contributed by atoms with Crippen LogP contribution >= 0.6 is 0 Å². The van der Waals surface area contributed by atoms with Crippen LogP contribution in [-0.4, -0.2) is 28.7 Å². The molecule has 0 saturated carbocycles. The van der Waals surface area contributed by atoms with E-state index in [1.165, 1.54) is 6.07 Å². The highest BCUT2D eigenvalue weighted by Crippen LogP contribution is 2.26. The molecule has 0 fully saturated rings. The SMILES string of the molecule is O=[N+]([O-])N1CCc2cc(B(O)O)ccc21. The van der Waals surface area contributed by atoms with Crippen molar-refractivity contribution in [2.24, 2.45) is 0 Å². The fourth-order valence-electron chi connectivity index (χ4n) is 1.73. The van der Waals surface area contributed by atoms with Crippen molar-refractivity contribution in [3.8, 4) is 0 Å². The first-order chi connectivity index (χ1) is 7.09. The van der Waals surface area contributed by atoms with E-state index in [1.54, 1.807) is 12.1 Å². The molecule has 0 atom stereocenters. The number of hydrogen-bond donors (Lipinski definition) is 2. The van der Waals surface area contributed by atoms with Crippen molar-refractivity contribution < 1.29 is 15.1 Å². The molecule has 2 rings (SSSR count). The lowest BCUT2D eigenvalue weighted by Gasteiger charge is -2.07. The van der Waals surface area contributed by atoms with Gasteiger partial charge in [-0.2, -0.15) is 0 Å². The van der Waals surface area contributed by atoms with E-state index in [0.29, 0.717) is 24.1 Å². The van der Waals surface area contributed by atoms with E-state index in [2.05, 4.69) is 0 Å². The molecule has 0 bridgehead atoms. The van der Waals surface area contributed by atoms with Gasteiger partial charge in [-0.05, 0) is 23.5 Å². The normalized spacial score (nSPS) is 13.9. The van der Waals surface area contributed by atoms with Crippen LogP contribution in [0.3, 0.4) is 0 Å². The Balaban J connectivity index is 2.37. The number of hydrazine groups is 1. The number of anilines is 1. The van der Waals surface area contributed by atoms with Crippen LogP contribution in [-0.2, 0) is 6.42 Å². The van der Waals surface area contributed by atoms with E-state index in [0.717, 1.165) is 10.6 Å². The zero-order valence-electron chi connectivity index (χ0n) is 7.83. The molecule has 0 aromatic heterocycles. The Kier molecular flexibility index (Phi) is 2.33. The lowest BCUT2D eigenvalue weighted by molar-refractivity contribution is -0.493. The van der Waals surface area contributed by atoms with Crippen LogP contribution in [0.4, 0.5) is 5.69 Å². The highest BCUT2D eigenvalue weighted by molar-refractivity contribution is 6.58. The lowest BCUT2D eigenvalue weighted by Crippen LogP contribution is -2.30. The Morgan fingerprint density at radius 2 is 2.20 bits per heavy atom. The molecule has 0 saturated heterocycles. The standard InChI is InChI=1S/C8H9BN2O4/c12-9(13)7-1-2-8-6(5-7)3-4-10(8)11(14)15/h1-2,5,12-13H,3-4H2. The summed E-state index contributed by atoms with van der Waals surface area (Å²) in [4.78, 5) is 10.6. The Labute approximate surface area is 86.0 Å². The molecule has 2 N–H and O–H groups in total. The van der Waals surface area contributed by atoms with E-state index in [-0.39, 0.29) is 0 Å². The van der Waals surface area contributed by atoms with Gasteiger partial charge >= 0.3 is 7.12 Å². The molecule has 0 radical (unpaired) electrons. The van der Waals surface area contributed by atoms with Crippen LogP contribution in [0.25, 0.3) is 0 Å². The second-order valence-corrected chi connectivity index (χ2v) is 3.37. The van der Waals surface area contributed by atoms with Gasteiger partial charge < -0.3 is 10.0 Å². The van der Waals surface area contributed by atoms with Gasteiger partial charge in [-0.1, -0.05) is 17.1 Å². The summed E-state index contributed by atoms with van der Waals surface area (Å²) < 4.78 is 0. The molecule has 15 heavy (non-hydrogen) atoms. The number of benzene rings is 1. The third-order valence-corrected chi connectivity index (χ3v) is 2.47. The van der Waals surface area contributed by atoms with E-state index < -0.39 is 12.2 Å². The minimum Gasteiger partial charge on any atom is -0.423 e. The number of nitro groups is 1. The molecule has 0 unspecified atom stereocenters. The van der Waals surface area contributed by atoms with Gasteiger partial charge in [0.05, 0.1) is 6.54 Å². The highest BCUT2D eigenvalue weighted by atomic mass is 16.7. The maximum Gasteiger partial charge on any atom is 0.488 e. The van der Waals surface area contributed by atoms with Gasteiger partial charge in [0, 0.05) is 0 Å². The molecule has 6 nitrogen and oxygen atoms in total. The fourth-order valence-corrected chi connectivity index (χ4v) is 1.73. The van der Waals surface area contributed by atoms with E-state index in [4.69, 9.17) is 10.0 Å². The maximum absolute atomic E-state index is 10.6. The van der Waals surface area contributed by atoms with Gasteiger partial charge in [0.2, 0.25) is 0 Å². The zero-order chi connectivity index (χ0) is 11.0. The molecule has 1 aromatic rings. The summed E-state index contributed by atoms with van der Waals surface area (Å²) in [6, 6.07) is 4.61. The van der Waals surface area contributed by atoms with E-state index in [1.807, 2.05) is 0 Å². The summed E-state index contributed by atoms with van der Waals surface area (Å²) in [5.74, 6) is 0. The largest absolute Gasteiger partial charge is 0.488 e. The van der Waals surface area contributed by atoms with Crippen LogP contribution in [0.5, 0.6) is 0 Å². The topological polar surface area (TPSA) is 86.8 Å². The first kappa shape index (κ1) is 9.94. The van der Waals surface area contributed by atoms with Crippen LogP contribution in [0, 0.1) is 10.1 Å². The van der Waals surface area contributed by atoms with Crippen molar-refractivity contribution in [2.75, 3.05) is 11.6 Å². The summed E-state index contributed by atoms with van der Waals surface area (Å²) in [5, 5.41) is 29.1. The van der Waals surface area contributed by atoms with Gasteiger partial charge in [-0.15, -0.1) is 0 Å². The van der Waals surface area contributed by atoms with Crippen LogP contribution in [0.2, 0.25) is 0 Å². The molecular formula is C8H9BN2O4. The van der Waals surface area contributed by atoms with Gasteiger partial charge in [-0.3, -0.25) is 0 Å². The Hall–Kier alpha value is -1.60. The first-order valence-electron chi connectivity index (χ1n) is 4.50. The Bertz CT molecular complexity index is 410. The Morgan fingerprint density at radius 1 is 1.47 bits per heavy atom. The predicted molar refractivity (Wildman–Crippen MR) is 54.3 cm³/mol. The van der Waals surface area contributed by atoms with Crippen molar-refractivity contribution in [1.82, 2.24) is 0 Å². The van der Waals surface area contributed by atoms with Crippen molar-refractivity contribution >= 4 is 18.3 Å². The molecule has 0 spiro atoms. The molecule has 0 aliphatic carbocycles. The summed E-state index contributed by atoms with van der Waals surface area (Å²) in [6.45, 7) is 0.327. The van der Waals surface area contributed by atoms with Crippen LogP contribution < -0.4 is 10.5 Å². The molecule has 0 amide bonds. The Morgan fingerprint density at radius 3 is 2.80 bits per heavy atom. The fraction of sp³-hybridized carbons (Fsp3) is 0.250. The molecule has 1 aliphatic rings. The molecule has 7 heteroatoms. The number of hydrogen-bond acceptors (Lipinski definition) is 4. The van der Waals surface area contributed by atoms with Gasteiger partial charge in [0.15, 0.2) is 5.03 Å². The molecule has 78 valence electrons. The molecule has 1 aromatic carbocycles. The van der Waals surface area contributed by atoms with E-state index in [9.17, 15) is 10.1 Å². The van der Waals surface area contributed by atoms with Crippen LogP contribution in [0.1, 0.15) is 5.56 Å². The lowest BCUT2D eigenvalue weighted by atomic mass is 9.79. The third kappa shape index (κ3) is 1.66. The second-order valence-electron chi connectivity index (χ2n) is 3.37. The molecule has 1 aliphatic heterocycles. The van der Waals surface area contributed by atoms with Gasteiger partial charge in [0.1, 0.15) is 5.69 Å². The minimum absolute atomic E-state index is 0.327. The smallest absolute Gasteiger partial charge is 0.423 e. The summed E-state index contributed by atoms with van der Waals surface area (Å²) in [7, 11) is -1.53. The van der Waals surface area contributed by atoms with Crippen molar-refractivity contribution in [2.45, 2.75) is 6.42 Å². The quantitative estimate of drug-likeness (QED) is 0.366. The number of rotatable bonds is 2. The number of fused-ring (bicyclic) bond motifs is 1. The van der Waals surface area contributed by atoms with Gasteiger partial charge in [-0.25, -0.2) is 10.1 Å². The van der Waals surface area contributed by atoms with Crippen molar-refractivity contribution in [3.63, 3.8) is 0 Å². The highest BCUT2D eigenvalue weighted by Gasteiger charge is 2.28. The maximum atomic E-state index is 10.6.